The van der Waals surface area contributed by atoms with Gasteiger partial charge in [0.25, 0.3) is 0 Å². The Kier molecular flexibility index (Phi) is 9.94. The first-order valence-corrected chi connectivity index (χ1v) is 15.8. The van der Waals surface area contributed by atoms with Gasteiger partial charge in [0.2, 0.25) is 18.3 Å². The van der Waals surface area contributed by atoms with E-state index in [0.29, 0.717) is 37.6 Å². The number of hydrogen-bond acceptors (Lipinski definition) is 6. The molecule has 3 aromatic rings. The summed E-state index contributed by atoms with van der Waals surface area (Å²) >= 11 is 0. The van der Waals surface area contributed by atoms with Gasteiger partial charge in [0.1, 0.15) is 6.54 Å². The quantitative estimate of drug-likeness (QED) is 0.287. The normalized spacial score (nSPS) is 19.5. The van der Waals surface area contributed by atoms with Gasteiger partial charge in [-0.3, -0.25) is 19.3 Å². The van der Waals surface area contributed by atoms with Gasteiger partial charge in [0.15, 0.2) is 11.5 Å². The van der Waals surface area contributed by atoms with Gasteiger partial charge in [0.05, 0.1) is 33.6 Å². The summed E-state index contributed by atoms with van der Waals surface area (Å²) in [6.07, 6.45) is 3.91. The summed E-state index contributed by atoms with van der Waals surface area (Å²) in [7, 11) is 6.41. The van der Waals surface area contributed by atoms with Crippen LogP contribution in [0, 0.1) is 5.92 Å². The van der Waals surface area contributed by atoms with Crippen LogP contribution in [0.2, 0.25) is 0 Å². The van der Waals surface area contributed by atoms with Gasteiger partial charge in [-0.15, -0.1) is 0 Å². The van der Waals surface area contributed by atoms with Crippen LogP contribution in [0.5, 0.6) is 11.5 Å². The highest BCUT2D eigenvalue weighted by atomic mass is 16.7. The second-order valence-electron chi connectivity index (χ2n) is 13.1. The molecule has 2 aliphatic heterocycles. The van der Waals surface area contributed by atoms with Crippen LogP contribution in [-0.4, -0.2) is 84.5 Å². The number of amides is 1. The average molecular weight is 618 g/mol. The summed E-state index contributed by atoms with van der Waals surface area (Å²) < 4.78 is 13.5. The number of quaternary nitrogens is 1. The number of hydrogen-bond donors (Lipinski definition) is 1. The number of carboxylic acid groups (broad SMARTS) is 1. The second kappa shape index (κ2) is 13.9. The molecule has 45 heavy (non-hydrogen) atoms. The number of rotatable bonds is 13. The van der Waals surface area contributed by atoms with E-state index >= 15 is 0 Å². The van der Waals surface area contributed by atoms with E-state index < -0.39 is 17.9 Å². The van der Waals surface area contributed by atoms with Gasteiger partial charge >= 0.3 is 5.97 Å². The number of anilines is 1. The SMILES string of the molecule is CCCCN(C(=O)CN1CC(c2ccc3c(c2)OCO3)C(C(=O)O)C1CCn1ccccc1=O)c1cccc(C[N+](C)(C)C)c1. The third kappa shape index (κ3) is 7.75. The van der Waals surface area contributed by atoms with Gasteiger partial charge < -0.3 is 28.5 Å². The highest BCUT2D eigenvalue weighted by Crippen LogP contribution is 2.43. The number of pyridine rings is 1. The van der Waals surface area contributed by atoms with Crippen molar-refractivity contribution >= 4 is 17.6 Å². The molecular formula is C35H45N4O6+. The minimum atomic E-state index is -0.922. The molecule has 2 aromatic carbocycles. The fraction of sp³-hybridized carbons (Fsp3) is 0.457. The maximum absolute atomic E-state index is 14.2. The van der Waals surface area contributed by atoms with Crippen LogP contribution in [-0.2, 0) is 22.7 Å². The summed E-state index contributed by atoms with van der Waals surface area (Å²) in [5, 5.41) is 10.6. The van der Waals surface area contributed by atoms with Crippen molar-refractivity contribution in [2.75, 3.05) is 52.5 Å². The molecule has 0 saturated carbocycles. The summed E-state index contributed by atoms with van der Waals surface area (Å²) in [4.78, 5) is 43.5. The fourth-order valence-corrected chi connectivity index (χ4v) is 6.59. The zero-order chi connectivity index (χ0) is 32.1. The molecular weight excluding hydrogens is 572 g/mol. The van der Waals surface area contributed by atoms with E-state index in [9.17, 15) is 19.5 Å². The predicted molar refractivity (Wildman–Crippen MR) is 173 cm³/mol. The highest BCUT2D eigenvalue weighted by Gasteiger charge is 2.47. The van der Waals surface area contributed by atoms with Crippen LogP contribution in [0.15, 0.2) is 71.7 Å². The number of aromatic nitrogens is 1. The molecule has 1 aromatic heterocycles. The number of aliphatic carboxylic acids is 1. The summed E-state index contributed by atoms with van der Waals surface area (Å²) in [6.45, 7) is 4.45. The van der Waals surface area contributed by atoms with E-state index in [2.05, 4.69) is 40.2 Å². The first-order valence-electron chi connectivity index (χ1n) is 15.8. The number of unbranched alkanes of at least 4 members (excludes halogenated alkanes) is 1. The smallest absolute Gasteiger partial charge is 0.308 e. The van der Waals surface area contributed by atoms with E-state index in [1.165, 1.54) is 6.07 Å². The van der Waals surface area contributed by atoms with Crippen molar-refractivity contribution in [3.8, 4) is 11.5 Å². The van der Waals surface area contributed by atoms with Crippen molar-refractivity contribution in [2.24, 2.45) is 5.92 Å². The molecule has 10 nitrogen and oxygen atoms in total. The lowest BCUT2D eigenvalue weighted by atomic mass is 9.84. The standard InChI is InChI=1S/C35H44N4O6/c1-5-6-17-38(27-11-9-10-25(19-27)23-39(2,3)4)33(41)22-37-21-28(26-13-14-30-31(20-26)45-24-44-30)34(35(42)43)29(37)15-18-36-16-8-7-12-32(36)40/h7-14,16,19-20,28-29,34H,5-6,15,17-18,21-24H2,1-4H3/p+1. The molecule has 1 saturated heterocycles. The van der Waals surface area contributed by atoms with Crippen molar-refractivity contribution in [2.45, 2.75) is 51.2 Å². The molecule has 1 fully saturated rings. The number of ether oxygens (including phenoxy) is 2. The third-order valence-corrected chi connectivity index (χ3v) is 8.68. The van der Waals surface area contributed by atoms with Gasteiger partial charge in [0, 0.05) is 55.1 Å². The summed E-state index contributed by atoms with van der Waals surface area (Å²) in [6, 6.07) is 18.2. The molecule has 3 atom stereocenters. The number of benzene rings is 2. The average Bonchev–Trinajstić information content (AvgIpc) is 3.60. The molecule has 1 amide bonds. The van der Waals surface area contributed by atoms with E-state index in [1.807, 2.05) is 40.1 Å². The minimum absolute atomic E-state index is 0.0665. The second-order valence-corrected chi connectivity index (χ2v) is 13.1. The monoisotopic (exact) mass is 617 g/mol. The maximum atomic E-state index is 14.2. The Labute approximate surface area is 265 Å². The lowest BCUT2D eigenvalue weighted by molar-refractivity contribution is -0.884. The van der Waals surface area contributed by atoms with Gasteiger partial charge in [-0.2, -0.15) is 0 Å². The molecule has 3 unspecified atom stereocenters. The minimum Gasteiger partial charge on any atom is -0.481 e. The number of nitrogens with zero attached hydrogens (tertiary/aromatic N) is 4. The van der Waals surface area contributed by atoms with Crippen molar-refractivity contribution in [3.63, 3.8) is 0 Å². The predicted octanol–water partition coefficient (Wildman–Crippen LogP) is 4.18. The molecule has 0 spiro atoms. The van der Waals surface area contributed by atoms with Crippen LogP contribution in [0.25, 0.3) is 0 Å². The molecule has 3 heterocycles. The van der Waals surface area contributed by atoms with Crippen LogP contribution < -0.4 is 19.9 Å². The van der Waals surface area contributed by atoms with Crippen molar-refractivity contribution in [1.29, 1.82) is 0 Å². The fourth-order valence-electron chi connectivity index (χ4n) is 6.59. The Morgan fingerprint density at radius 1 is 1.02 bits per heavy atom. The Hall–Kier alpha value is -4.15. The topological polar surface area (TPSA) is 101 Å². The molecule has 1 N–H and O–H groups in total. The van der Waals surface area contributed by atoms with Crippen molar-refractivity contribution < 1.29 is 28.7 Å². The van der Waals surface area contributed by atoms with E-state index in [1.54, 1.807) is 22.9 Å². The van der Waals surface area contributed by atoms with Crippen molar-refractivity contribution in [3.05, 3.63) is 88.3 Å². The highest BCUT2D eigenvalue weighted by molar-refractivity contribution is 5.95. The molecule has 240 valence electrons. The Balaban J connectivity index is 1.45. The molecule has 2 aliphatic rings. The molecule has 0 aliphatic carbocycles. The first kappa shape index (κ1) is 32.2. The van der Waals surface area contributed by atoms with E-state index in [-0.39, 0.29) is 30.7 Å². The molecule has 5 rings (SSSR count). The Morgan fingerprint density at radius 3 is 2.56 bits per heavy atom. The van der Waals surface area contributed by atoms with E-state index in [4.69, 9.17) is 9.47 Å². The largest absolute Gasteiger partial charge is 0.481 e. The van der Waals surface area contributed by atoms with Gasteiger partial charge in [-0.25, -0.2) is 0 Å². The van der Waals surface area contributed by atoms with Crippen LogP contribution >= 0.6 is 0 Å². The van der Waals surface area contributed by atoms with Crippen molar-refractivity contribution in [1.82, 2.24) is 9.47 Å². The number of likely N-dealkylation sites (tertiary alicyclic amines) is 1. The zero-order valence-electron chi connectivity index (χ0n) is 26.7. The number of carbonyl (C=O) groups excluding carboxylic acids is 1. The van der Waals surface area contributed by atoms with Gasteiger partial charge in [-0.05, 0) is 48.7 Å². The zero-order valence-corrected chi connectivity index (χ0v) is 26.7. The number of carbonyl (C=O) groups is 2. The lowest BCUT2D eigenvalue weighted by Gasteiger charge is -2.30. The first-order chi connectivity index (χ1) is 21.5. The van der Waals surface area contributed by atoms with Crippen LogP contribution in [0.1, 0.15) is 43.2 Å². The van der Waals surface area contributed by atoms with Gasteiger partial charge in [-0.1, -0.05) is 37.6 Å². The van der Waals surface area contributed by atoms with Crippen LogP contribution in [0.4, 0.5) is 5.69 Å². The lowest BCUT2D eigenvalue weighted by Crippen LogP contribution is -2.45. The molecule has 10 heteroatoms. The molecule has 0 bridgehead atoms. The van der Waals surface area contributed by atoms with Crippen LogP contribution in [0.3, 0.4) is 0 Å². The Morgan fingerprint density at radius 2 is 1.82 bits per heavy atom. The Bertz CT molecular complexity index is 1560. The summed E-state index contributed by atoms with van der Waals surface area (Å²) in [5.41, 5.74) is 2.69. The number of aryl methyl sites for hydroxylation is 1. The maximum Gasteiger partial charge on any atom is 0.308 e. The number of fused-ring (bicyclic) bond motifs is 1. The summed E-state index contributed by atoms with van der Waals surface area (Å²) in [5.74, 6) is -0.918. The van der Waals surface area contributed by atoms with E-state index in [0.717, 1.165) is 40.7 Å². The third-order valence-electron chi connectivity index (χ3n) is 8.68. The molecule has 0 radical (unpaired) electrons. The number of carboxylic acids is 1.